The number of carbonyl (C=O) groups is 1. The third-order valence-corrected chi connectivity index (χ3v) is 3.07. The average molecular weight is 331 g/mol. The maximum absolute atomic E-state index is 13.6. The van der Waals surface area contributed by atoms with Crippen molar-refractivity contribution in [3.05, 3.63) is 34.1 Å². The topological polar surface area (TPSA) is 32.3 Å². The van der Waals surface area contributed by atoms with Gasteiger partial charge in [-0.1, -0.05) is 35.8 Å². The maximum Gasteiger partial charge on any atom is 0.234 e. The van der Waals surface area contributed by atoms with Gasteiger partial charge in [-0.15, -0.1) is 0 Å². The Balaban J connectivity index is 2.46. The highest BCUT2D eigenvalue weighted by Crippen LogP contribution is 2.16. The first-order valence-corrected chi connectivity index (χ1v) is 7.07. The summed E-state index contributed by atoms with van der Waals surface area (Å²) in [4.78, 5) is 13.4. The molecule has 3 nitrogen and oxygen atoms in total. The molecule has 0 saturated carbocycles. The molecule has 1 amide bonds. The van der Waals surface area contributed by atoms with Gasteiger partial charge in [-0.25, -0.2) is 4.39 Å². The van der Waals surface area contributed by atoms with E-state index in [4.69, 9.17) is 0 Å². The zero-order valence-corrected chi connectivity index (χ0v) is 13.1. The van der Waals surface area contributed by atoms with Crippen LogP contribution < -0.4 is 5.32 Å². The molecule has 0 bridgehead atoms. The Labute approximate surface area is 122 Å². The molecule has 5 heteroatoms. The van der Waals surface area contributed by atoms with Crippen LogP contribution in [0, 0.1) is 11.7 Å². The first-order chi connectivity index (χ1) is 8.88. The molecule has 1 N–H and O–H groups in total. The smallest absolute Gasteiger partial charge is 0.234 e. The minimum Gasteiger partial charge on any atom is -0.355 e. The first-order valence-electron chi connectivity index (χ1n) is 6.27. The number of likely N-dealkylation sites (N-methyl/N-ethyl adjacent to an activating group) is 1. The largest absolute Gasteiger partial charge is 0.355 e. The van der Waals surface area contributed by atoms with E-state index in [0.29, 0.717) is 29.0 Å². The van der Waals surface area contributed by atoms with Crippen LogP contribution in [0.2, 0.25) is 0 Å². The second-order valence-electron chi connectivity index (χ2n) is 5.11. The molecular formula is C14H20BrFN2O. The number of halogens is 2. The van der Waals surface area contributed by atoms with E-state index in [0.717, 1.165) is 0 Å². The number of nitrogens with zero attached hydrogens (tertiary/aromatic N) is 1. The fourth-order valence-corrected chi connectivity index (χ4v) is 1.95. The third-order valence-electron chi connectivity index (χ3n) is 2.58. The van der Waals surface area contributed by atoms with Crippen molar-refractivity contribution < 1.29 is 9.18 Å². The van der Waals surface area contributed by atoms with Gasteiger partial charge in [0.05, 0.1) is 6.54 Å². The Bertz CT molecular complexity index is 437. The van der Waals surface area contributed by atoms with E-state index >= 15 is 0 Å². The molecule has 1 aromatic rings. The normalized spacial score (nSPS) is 11.1. The second-order valence-corrected chi connectivity index (χ2v) is 6.02. The second kappa shape index (κ2) is 7.60. The van der Waals surface area contributed by atoms with Crippen molar-refractivity contribution in [2.24, 2.45) is 5.92 Å². The summed E-state index contributed by atoms with van der Waals surface area (Å²) in [6.45, 7) is 5.43. The lowest BCUT2D eigenvalue weighted by molar-refractivity contribution is -0.122. The monoisotopic (exact) mass is 330 g/mol. The van der Waals surface area contributed by atoms with Crippen LogP contribution in [0.3, 0.4) is 0 Å². The van der Waals surface area contributed by atoms with Gasteiger partial charge in [0, 0.05) is 23.1 Å². The van der Waals surface area contributed by atoms with Gasteiger partial charge in [0.2, 0.25) is 5.91 Å². The Morgan fingerprint density at radius 3 is 2.74 bits per heavy atom. The minimum absolute atomic E-state index is 0.0336. The highest BCUT2D eigenvalue weighted by atomic mass is 79.9. The van der Waals surface area contributed by atoms with Gasteiger partial charge in [-0.3, -0.25) is 9.69 Å². The molecule has 0 aliphatic carbocycles. The Hall–Kier alpha value is -0.940. The maximum atomic E-state index is 13.6. The number of benzene rings is 1. The molecule has 0 unspecified atom stereocenters. The fraction of sp³-hybridized carbons (Fsp3) is 0.500. The molecule has 0 saturated heterocycles. The minimum atomic E-state index is -0.260. The van der Waals surface area contributed by atoms with Gasteiger partial charge in [0.15, 0.2) is 0 Å². The molecule has 0 fully saturated rings. The van der Waals surface area contributed by atoms with Crippen LogP contribution in [-0.4, -0.2) is 30.9 Å². The van der Waals surface area contributed by atoms with Crippen molar-refractivity contribution in [2.45, 2.75) is 20.4 Å². The van der Waals surface area contributed by atoms with Crippen LogP contribution in [0.15, 0.2) is 22.7 Å². The van der Waals surface area contributed by atoms with Crippen LogP contribution in [0.5, 0.6) is 0 Å². The Morgan fingerprint density at radius 2 is 2.16 bits per heavy atom. The molecule has 0 spiro atoms. The van der Waals surface area contributed by atoms with Gasteiger partial charge in [-0.2, -0.15) is 0 Å². The summed E-state index contributed by atoms with van der Waals surface area (Å²) in [6.07, 6.45) is 0. The van der Waals surface area contributed by atoms with Crippen LogP contribution in [0.25, 0.3) is 0 Å². The molecule has 1 aromatic carbocycles. The molecule has 0 aliphatic rings. The molecule has 1 rings (SSSR count). The molecular weight excluding hydrogens is 311 g/mol. The Kier molecular flexibility index (Phi) is 6.45. The van der Waals surface area contributed by atoms with Crippen LogP contribution >= 0.6 is 15.9 Å². The van der Waals surface area contributed by atoms with Gasteiger partial charge in [-0.05, 0) is 25.1 Å². The molecule has 0 radical (unpaired) electrons. The van der Waals surface area contributed by atoms with E-state index in [-0.39, 0.29) is 18.3 Å². The van der Waals surface area contributed by atoms with Crippen molar-refractivity contribution in [1.82, 2.24) is 10.2 Å². The lowest BCUT2D eigenvalue weighted by atomic mass is 10.2. The summed E-state index contributed by atoms with van der Waals surface area (Å²) >= 11 is 3.22. The van der Waals surface area contributed by atoms with Gasteiger partial charge >= 0.3 is 0 Å². The molecule has 0 aliphatic heterocycles. The number of amides is 1. The van der Waals surface area contributed by atoms with Gasteiger partial charge < -0.3 is 5.32 Å². The average Bonchev–Trinajstić information content (AvgIpc) is 2.30. The zero-order chi connectivity index (χ0) is 14.4. The lowest BCUT2D eigenvalue weighted by Gasteiger charge is -2.17. The van der Waals surface area contributed by atoms with Crippen molar-refractivity contribution >= 4 is 21.8 Å². The van der Waals surface area contributed by atoms with Gasteiger partial charge in [0.25, 0.3) is 0 Å². The molecule has 0 heterocycles. The van der Waals surface area contributed by atoms with E-state index in [1.807, 2.05) is 13.8 Å². The summed E-state index contributed by atoms with van der Waals surface area (Å²) in [5.74, 6) is 0.135. The summed E-state index contributed by atoms with van der Waals surface area (Å²) in [5.41, 5.74) is 0.586. The van der Waals surface area contributed by atoms with E-state index in [1.165, 1.54) is 6.07 Å². The highest BCUT2D eigenvalue weighted by molar-refractivity contribution is 9.10. The van der Waals surface area contributed by atoms with Crippen LogP contribution in [-0.2, 0) is 11.3 Å². The molecule has 0 aromatic heterocycles. The van der Waals surface area contributed by atoms with Crippen molar-refractivity contribution in [3.8, 4) is 0 Å². The first kappa shape index (κ1) is 16.1. The zero-order valence-electron chi connectivity index (χ0n) is 11.5. The van der Waals surface area contributed by atoms with E-state index < -0.39 is 0 Å². The summed E-state index contributed by atoms with van der Waals surface area (Å²) in [7, 11) is 1.80. The number of carbonyl (C=O) groups excluding carboxylic acids is 1. The van der Waals surface area contributed by atoms with Crippen molar-refractivity contribution in [1.29, 1.82) is 0 Å². The van der Waals surface area contributed by atoms with Crippen molar-refractivity contribution in [2.75, 3.05) is 20.1 Å². The van der Waals surface area contributed by atoms with Crippen molar-refractivity contribution in [3.63, 3.8) is 0 Å². The number of nitrogens with one attached hydrogen (secondary N) is 1. The predicted octanol–water partition coefficient (Wildman–Crippen LogP) is 2.79. The fourth-order valence-electron chi connectivity index (χ4n) is 1.62. The molecule has 106 valence electrons. The van der Waals surface area contributed by atoms with E-state index in [2.05, 4.69) is 21.2 Å². The number of rotatable bonds is 6. The Morgan fingerprint density at radius 1 is 1.47 bits per heavy atom. The summed E-state index contributed by atoms with van der Waals surface area (Å²) in [6, 6.07) is 4.95. The standard InChI is InChI=1S/C14H20BrFN2O/c1-10(2)7-17-14(19)9-18(3)8-11-4-5-12(15)6-13(11)16/h4-6,10H,7-9H2,1-3H3,(H,17,19). The van der Waals surface area contributed by atoms with Gasteiger partial charge in [0.1, 0.15) is 5.82 Å². The number of hydrogen-bond acceptors (Lipinski definition) is 2. The SMILES string of the molecule is CC(C)CNC(=O)CN(C)Cc1ccc(Br)cc1F. The van der Waals surface area contributed by atoms with E-state index in [1.54, 1.807) is 24.1 Å². The third kappa shape index (κ3) is 6.16. The quantitative estimate of drug-likeness (QED) is 0.869. The summed E-state index contributed by atoms with van der Waals surface area (Å²) < 4.78 is 14.4. The molecule has 19 heavy (non-hydrogen) atoms. The highest BCUT2D eigenvalue weighted by Gasteiger charge is 2.10. The van der Waals surface area contributed by atoms with E-state index in [9.17, 15) is 9.18 Å². The van der Waals surface area contributed by atoms with Crippen LogP contribution in [0.1, 0.15) is 19.4 Å². The lowest BCUT2D eigenvalue weighted by Crippen LogP contribution is -2.36. The van der Waals surface area contributed by atoms with Crippen LogP contribution in [0.4, 0.5) is 4.39 Å². The number of hydrogen-bond donors (Lipinski definition) is 1. The summed E-state index contributed by atoms with van der Waals surface area (Å²) in [5, 5.41) is 2.84. The molecule has 0 atom stereocenters. The predicted molar refractivity (Wildman–Crippen MR) is 78.3 cm³/mol.